The van der Waals surface area contributed by atoms with Gasteiger partial charge in [0.2, 0.25) is 0 Å². The lowest BCUT2D eigenvalue weighted by Crippen LogP contribution is -2.01. The van der Waals surface area contributed by atoms with Gasteiger partial charge in [-0.1, -0.05) is 13.0 Å². The summed E-state index contributed by atoms with van der Waals surface area (Å²) >= 11 is 1.74. The van der Waals surface area contributed by atoms with Gasteiger partial charge < -0.3 is 5.11 Å². The molecular weight excluding hydrogens is 180 g/mol. The van der Waals surface area contributed by atoms with Crippen LogP contribution in [0.5, 0.6) is 0 Å². The third kappa shape index (κ3) is 2.48. The maximum atomic E-state index is 9.07. The van der Waals surface area contributed by atoms with Crippen LogP contribution in [0.1, 0.15) is 24.0 Å². The van der Waals surface area contributed by atoms with Crippen molar-refractivity contribution in [1.29, 1.82) is 0 Å². The fourth-order valence-corrected chi connectivity index (χ4v) is 1.82. The molecule has 0 saturated carbocycles. The number of aliphatic hydroxyl groups is 1. The molecule has 0 aromatic heterocycles. The standard InChI is InChI=1S/C11H16OS/c1-8-4-5-10(13-3)6-11(8)9(2)7-12/h4-6,9,12H,7H2,1-3H3. The van der Waals surface area contributed by atoms with E-state index in [9.17, 15) is 0 Å². The first-order valence-corrected chi connectivity index (χ1v) is 5.67. The molecular formula is C11H16OS. The molecule has 72 valence electrons. The molecule has 0 spiro atoms. The van der Waals surface area contributed by atoms with E-state index in [0.29, 0.717) is 0 Å². The van der Waals surface area contributed by atoms with Crippen LogP contribution in [0.3, 0.4) is 0 Å². The first-order valence-electron chi connectivity index (χ1n) is 4.44. The predicted molar refractivity (Wildman–Crippen MR) is 58.5 cm³/mol. The summed E-state index contributed by atoms with van der Waals surface area (Å²) in [5, 5.41) is 9.07. The van der Waals surface area contributed by atoms with E-state index in [0.717, 1.165) is 0 Å². The highest BCUT2D eigenvalue weighted by Crippen LogP contribution is 2.24. The van der Waals surface area contributed by atoms with Crippen LogP contribution in [0.2, 0.25) is 0 Å². The maximum Gasteiger partial charge on any atom is 0.0497 e. The van der Waals surface area contributed by atoms with Crippen molar-refractivity contribution in [2.24, 2.45) is 0 Å². The lowest BCUT2D eigenvalue weighted by molar-refractivity contribution is 0.272. The molecule has 2 heteroatoms. The second kappa shape index (κ2) is 4.68. The fraction of sp³-hybridized carbons (Fsp3) is 0.455. The third-order valence-corrected chi connectivity index (χ3v) is 3.02. The van der Waals surface area contributed by atoms with Crippen LogP contribution in [0.4, 0.5) is 0 Å². The molecule has 1 aromatic carbocycles. The van der Waals surface area contributed by atoms with Crippen LogP contribution in [-0.4, -0.2) is 18.0 Å². The molecule has 0 aliphatic rings. The van der Waals surface area contributed by atoms with Gasteiger partial charge in [-0.05, 0) is 36.4 Å². The van der Waals surface area contributed by atoms with Crippen LogP contribution in [0.15, 0.2) is 23.1 Å². The third-order valence-electron chi connectivity index (χ3n) is 2.29. The second-order valence-electron chi connectivity index (χ2n) is 3.31. The van der Waals surface area contributed by atoms with Gasteiger partial charge in [0.05, 0.1) is 0 Å². The number of hydrogen-bond donors (Lipinski definition) is 1. The number of thioether (sulfide) groups is 1. The number of benzene rings is 1. The summed E-state index contributed by atoms with van der Waals surface area (Å²) < 4.78 is 0. The van der Waals surface area contributed by atoms with E-state index < -0.39 is 0 Å². The molecule has 1 N–H and O–H groups in total. The quantitative estimate of drug-likeness (QED) is 0.750. The summed E-state index contributed by atoms with van der Waals surface area (Å²) in [6.07, 6.45) is 2.07. The lowest BCUT2D eigenvalue weighted by atomic mass is 9.97. The number of rotatable bonds is 3. The van der Waals surface area contributed by atoms with E-state index in [-0.39, 0.29) is 12.5 Å². The molecule has 1 atom stereocenters. The predicted octanol–water partition coefficient (Wildman–Crippen LogP) is 2.81. The highest BCUT2D eigenvalue weighted by atomic mass is 32.2. The Bertz CT molecular complexity index is 283. The van der Waals surface area contributed by atoms with E-state index in [4.69, 9.17) is 5.11 Å². The molecule has 13 heavy (non-hydrogen) atoms. The monoisotopic (exact) mass is 196 g/mol. The Kier molecular flexibility index (Phi) is 3.82. The highest BCUT2D eigenvalue weighted by Gasteiger charge is 2.07. The number of aliphatic hydroxyl groups excluding tert-OH is 1. The average Bonchev–Trinajstić information content (AvgIpc) is 2.17. The van der Waals surface area contributed by atoms with Gasteiger partial charge in [0.25, 0.3) is 0 Å². The van der Waals surface area contributed by atoms with Gasteiger partial charge in [-0.15, -0.1) is 11.8 Å². The molecule has 0 aliphatic heterocycles. The molecule has 1 nitrogen and oxygen atoms in total. The van der Waals surface area contributed by atoms with E-state index in [1.54, 1.807) is 11.8 Å². The van der Waals surface area contributed by atoms with E-state index >= 15 is 0 Å². The minimum Gasteiger partial charge on any atom is -0.396 e. The van der Waals surface area contributed by atoms with Crippen LogP contribution < -0.4 is 0 Å². The summed E-state index contributed by atoms with van der Waals surface area (Å²) in [4.78, 5) is 1.26. The zero-order valence-corrected chi connectivity index (χ0v) is 9.19. The molecule has 1 aromatic rings. The Balaban J connectivity index is 3.03. The normalized spacial score (nSPS) is 12.9. The fourth-order valence-electron chi connectivity index (χ4n) is 1.37. The van der Waals surface area contributed by atoms with Crippen molar-refractivity contribution in [3.8, 4) is 0 Å². The molecule has 0 bridgehead atoms. The summed E-state index contributed by atoms with van der Waals surface area (Å²) in [5.74, 6) is 0.243. The van der Waals surface area contributed by atoms with Crippen molar-refractivity contribution in [2.75, 3.05) is 12.9 Å². The van der Waals surface area contributed by atoms with Crippen molar-refractivity contribution in [3.63, 3.8) is 0 Å². The van der Waals surface area contributed by atoms with Gasteiger partial charge in [-0.3, -0.25) is 0 Å². The zero-order chi connectivity index (χ0) is 9.84. The first kappa shape index (κ1) is 10.6. The summed E-state index contributed by atoms with van der Waals surface area (Å²) in [6.45, 7) is 4.36. The topological polar surface area (TPSA) is 20.2 Å². The van der Waals surface area contributed by atoms with Crippen LogP contribution in [0.25, 0.3) is 0 Å². The van der Waals surface area contributed by atoms with Gasteiger partial charge >= 0.3 is 0 Å². The summed E-state index contributed by atoms with van der Waals surface area (Å²) in [6, 6.07) is 6.40. The average molecular weight is 196 g/mol. The number of hydrogen-bond acceptors (Lipinski definition) is 2. The Morgan fingerprint density at radius 1 is 1.46 bits per heavy atom. The molecule has 0 aliphatic carbocycles. The Morgan fingerprint density at radius 2 is 2.15 bits per heavy atom. The molecule has 0 radical (unpaired) electrons. The minimum atomic E-state index is 0.221. The number of aryl methyl sites for hydroxylation is 1. The van der Waals surface area contributed by atoms with Crippen molar-refractivity contribution >= 4 is 11.8 Å². The van der Waals surface area contributed by atoms with Gasteiger partial charge in [-0.25, -0.2) is 0 Å². The SMILES string of the molecule is CSc1ccc(C)c(C(C)CO)c1. The Hall–Kier alpha value is -0.470. The molecule has 1 rings (SSSR count). The summed E-state index contributed by atoms with van der Waals surface area (Å²) in [5.41, 5.74) is 2.52. The molecule has 0 amide bonds. The maximum absolute atomic E-state index is 9.07. The first-order chi connectivity index (χ1) is 6.19. The van der Waals surface area contributed by atoms with E-state index in [2.05, 4.69) is 31.4 Å². The van der Waals surface area contributed by atoms with Crippen molar-refractivity contribution in [3.05, 3.63) is 29.3 Å². The van der Waals surface area contributed by atoms with Gasteiger partial charge in [0.1, 0.15) is 0 Å². The molecule has 0 heterocycles. The zero-order valence-electron chi connectivity index (χ0n) is 8.37. The van der Waals surface area contributed by atoms with E-state index in [1.165, 1.54) is 16.0 Å². The van der Waals surface area contributed by atoms with Crippen LogP contribution in [0, 0.1) is 6.92 Å². The lowest BCUT2D eigenvalue weighted by Gasteiger charge is -2.12. The molecule has 0 fully saturated rings. The second-order valence-corrected chi connectivity index (χ2v) is 4.19. The van der Waals surface area contributed by atoms with Gasteiger partial charge in [0.15, 0.2) is 0 Å². The van der Waals surface area contributed by atoms with E-state index in [1.807, 2.05) is 6.92 Å². The largest absolute Gasteiger partial charge is 0.396 e. The smallest absolute Gasteiger partial charge is 0.0497 e. The summed E-state index contributed by atoms with van der Waals surface area (Å²) in [7, 11) is 0. The van der Waals surface area contributed by atoms with Gasteiger partial charge in [-0.2, -0.15) is 0 Å². The van der Waals surface area contributed by atoms with Gasteiger partial charge in [0, 0.05) is 17.4 Å². The van der Waals surface area contributed by atoms with Crippen molar-refractivity contribution < 1.29 is 5.11 Å². The molecule has 0 saturated heterocycles. The van der Waals surface area contributed by atoms with Crippen molar-refractivity contribution in [1.82, 2.24) is 0 Å². The Labute approximate surface area is 84.2 Å². The van der Waals surface area contributed by atoms with Crippen LogP contribution >= 0.6 is 11.8 Å². The minimum absolute atomic E-state index is 0.221. The Morgan fingerprint density at radius 3 is 2.69 bits per heavy atom. The van der Waals surface area contributed by atoms with Crippen LogP contribution in [-0.2, 0) is 0 Å². The molecule has 1 unspecified atom stereocenters. The van der Waals surface area contributed by atoms with Crippen molar-refractivity contribution in [2.45, 2.75) is 24.7 Å². The highest BCUT2D eigenvalue weighted by molar-refractivity contribution is 7.98.